The quantitative estimate of drug-likeness (QED) is 0.684. The predicted octanol–water partition coefficient (Wildman–Crippen LogP) is 2.90. The zero-order chi connectivity index (χ0) is 14.2. The highest BCUT2D eigenvalue weighted by atomic mass is 35.5. The lowest BCUT2D eigenvalue weighted by molar-refractivity contribution is 0.319. The van der Waals surface area contributed by atoms with Crippen LogP contribution in [0, 0.1) is 0 Å². The fraction of sp³-hybridized carbons (Fsp3) is 0.133. The van der Waals surface area contributed by atoms with E-state index in [-0.39, 0.29) is 6.04 Å². The highest BCUT2D eigenvalue weighted by Gasteiger charge is 2.23. The van der Waals surface area contributed by atoms with E-state index in [1.165, 1.54) is 0 Å². The van der Waals surface area contributed by atoms with E-state index in [0.717, 1.165) is 5.56 Å². The van der Waals surface area contributed by atoms with E-state index in [0.29, 0.717) is 29.0 Å². The summed E-state index contributed by atoms with van der Waals surface area (Å²) in [7, 11) is 0. The molecule has 104 valence electrons. The Morgan fingerprint density at radius 1 is 1.19 bits per heavy atom. The molecule has 0 bridgehead atoms. The van der Waals surface area contributed by atoms with Gasteiger partial charge in [0, 0.05) is 12.3 Å². The van der Waals surface area contributed by atoms with Crippen LogP contribution in [0.25, 0.3) is 5.65 Å². The SMILES string of the molecule is Clc1ccn2nc(C3=NC(c4ccccc4)CO3)cc2n1. The maximum atomic E-state index is 5.88. The van der Waals surface area contributed by atoms with Crippen molar-refractivity contribution in [1.29, 1.82) is 0 Å². The van der Waals surface area contributed by atoms with Crippen molar-refractivity contribution in [2.45, 2.75) is 6.04 Å². The lowest BCUT2D eigenvalue weighted by atomic mass is 10.1. The Bertz CT molecular complexity index is 828. The van der Waals surface area contributed by atoms with Gasteiger partial charge in [0.2, 0.25) is 5.90 Å². The summed E-state index contributed by atoms with van der Waals surface area (Å²) >= 11 is 5.88. The standard InChI is InChI=1S/C15H11ClN4O/c16-13-6-7-20-14(18-13)8-11(19-20)15-17-12(9-21-15)10-4-2-1-3-5-10/h1-8,12H,9H2. The third-order valence-electron chi connectivity index (χ3n) is 3.35. The molecule has 2 aromatic heterocycles. The van der Waals surface area contributed by atoms with E-state index in [4.69, 9.17) is 16.3 Å². The molecule has 4 rings (SSSR count). The first-order valence-electron chi connectivity index (χ1n) is 6.57. The van der Waals surface area contributed by atoms with Crippen LogP contribution in [0.15, 0.2) is 53.7 Å². The van der Waals surface area contributed by atoms with Gasteiger partial charge in [-0.05, 0) is 11.6 Å². The van der Waals surface area contributed by atoms with Crippen LogP contribution in [0.4, 0.5) is 0 Å². The van der Waals surface area contributed by atoms with Gasteiger partial charge in [-0.1, -0.05) is 41.9 Å². The summed E-state index contributed by atoms with van der Waals surface area (Å²) in [6, 6.07) is 13.6. The van der Waals surface area contributed by atoms with Gasteiger partial charge < -0.3 is 4.74 Å². The fourth-order valence-electron chi connectivity index (χ4n) is 2.32. The molecule has 0 spiro atoms. The van der Waals surface area contributed by atoms with E-state index >= 15 is 0 Å². The largest absolute Gasteiger partial charge is 0.474 e. The Hall–Kier alpha value is -2.40. The van der Waals surface area contributed by atoms with E-state index in [9.17, 15) is 0 Å². The van der Waals surface area contributed by atoms with Crippen molar-refractivity contribution in [2.24, 2.45) is 4.99 Å². The molecule has 3 aromatic rings. The summed E-state index contributed by atoms with van der Waals surface area (Å²) in [4.78, 5) is 8.80. The second kappa shape index (κ2) is 4.86. The van der Waals surface area contributed by atoms with Gasteiger partial charge in [0.05, 0.1) is 0 Å². The zero-order valence-corrected chi connectivity index (χ0v) is 11.7. The van der Waals surface area contributed by atoms with Gasteiger partial charge in [-0.15, -0.1) is 0 Å². The Morgan fingerprint density at radius 3 is 2.90 bits per heavy atom. The average molecular weight is 299 g/mol. The molecular weight excluding hydrogens is 288 g/mol. The molecule has 1 aromatic carbocycles. The number of aliphatic imine (C=N–C) groups is 1. The number of halogens is 1. The average Bonchev–Trinajstić information content (AvgIpc) is 3.14. The molecule has 0 N–H and O–H groups in total. The van der Waals surface area contributed by atoms with Crippen LogP contribution < -0.4 is 0 Å². The fourth-order valence-corrected chi connectivity index (χ4v) is 2.46. The third-order valence-corrected chi connectivity index (χ3v) is 3.56. The van der Waals surface area contributed by atoms with Crippen molar-refractivity contribution in [1.82, 2.24) is 14.6 Å². The van der Waals surface area contributed by atoms with E-state index in [1.807, 2.05) is 36.4 Å². The minimum Gasteiger partial charge on any atom is -0.474 e. The lowest BCUT2D eigenvalue weighted by Crippen LogP contribution is -2.02. The molecule has 5 nitrogen and oxygen atoms in total. The summed E-state index contributed by atoms with van der Waals surface area (Å²) < 4.78 is 7.33. The van der Waals surface area contributed by atoms with Crippen LogP contribution in [-0.4, -0.2) is 27.1 Å². The Balaban J connectivity index is 1.69. The van der Waals surface area contributed by atoms with Crippen LogP contribution in [0.2, 0.25) is 5.15 Å². The lowest BCUT2D eigenvalue weighted by Gasteiger charge is -2.03. The van der Waals surface area contributed by atoms with Gasteiger partial charge >= 0.3 is 0 Å². The number of rotatable bonds is 2. The zero-order valence-electron chi connectivity index (χ0n) is 11.0. The van der Waals surface area contributed by atoms with Gasteiger partial charge in [-0.25, -0.2) is 14.5 Å². The summed E-state index contributed by atoms with van der Waals surface area (Å²) in [5.41, 5.74) is 2.48. The highest BCUT2D eigenvalue weighted by molar-refractivity contribution is 6.29. The molecule has 1 aliphatic heterocycles. The van der Waals surface area contributed by atoms with E-state index in [2.05, 4.69) is 15.1 Å². The molecule has 0 amide bonds. The molecule has 21 heavy (non-hydrogen) atoms. The van der Waals surface area contributed by atoms with Crippen molar-refractivity contribution in [2.75, 3.05) is 6.61 Å². The minimum absolute atomic E-state index is 0.0163. The second-order valence-electron chi connectivity index (χ2n) is 4.75. The monoisotopic (exact) mass is 298 g/mol. The molecule has 0 aliphatic carbocycles. The Kier molecular flexibility index (Phi) is 2.86. The van der Waals surface area contributed by atoms with Crippen molar-refractivity contribution < 1.29 is 4.74 Å². The summed E-state index contributed by atoms with van der Waals surface area (Å²) in [5, 5.41) is 4.84. The molecule has 1 unspecified atom stereocenters. The molecule has 3 heterocycles. The third kappa shape index (κ3) is 2.25. The normalized spacial score (nSPS) is 17.8. The summed E-state index contributed by atoms with van der Waals surface area (Å²) in [5.74, 6) is 0.547. The van der Waals surface area contributed by atoms with Gasteiger partial charge in [-0.3, -0.25) is 0 Å². The van der Waals surface area contributed by atoms with Crippen molar-refractivity contribution in [3.8, 4) is 0 Å². The number of nitrogens with zero attached hydrogens (tertiary/aromatic N) is 4. The minimum atomic E-state index is 0.0163. The molecule has 1 atom stereocenters. The Labute approximate surface area is 125 Å². The van der Waals surface area contributed by atoms with E-state index < -0.39 is 0 Å². The molecule has 0 saturated heterocycles. The van der Waals surface area contributed by atoms with Gasteiger partial charge in [-0.2, -0.15) is 5.10 Å². The first-order chi connectivity index (χ1) is 10.3. The number of benzene rings is 1. The van der Waals surface area contributed by atoms with Crippen LogP contribution in [0.3, 0.4) is 0 Å². The van der Waals surface area contributed by atoms with Crippen molar-refractivity contribution in [3.05, 3.63) is 65.1 Å². The van der Waals surface area contributed by atoms with Crippen LogP contribution in [-0.2, 0) is 4.74 Å². The van der Waals surface area contributed by atoms with Crippen LogP contribution in [0.5, 0.6) is 0 Å². The molecule has 0 saturated carbocycles. The van der Waals surface area contributed by atoms with Crippen molar-refractivity contribution >= 4 is 23.1 Å². The molecule has 0 radical (unpaired) electrons. The van der Waals surface area contributed by atoms with Gasteiger partial charge in [0.15, 0.2) is 5.65 Å². The number of fused-ring (bicyclic) bond motifs is 1. The van der Waals surface area contributed by atoms with Crippen LogP contribution >= 0.6 is 11.6 Å². The molecule has 0 fully saturated rings. The predicted molar refractivity (Wildman–Crippen MR) is 79.7 cm³/mol. The number of aromatic nitrogens is 3. The highest BCUT2D eigenvalue weighted by Crippen LogP contribution is 2.24. The topological polar surface area (TPSA) is 51.8 Å². The Morgan fingerprint density at radius 2 is 2.05 bits per heavy atom. The maximum absolute atomic E-state index is 5.88. The molecule has 1 aliphatic rings. The molecular formula is C15H11ClN4O. The second-order valence-corrected chi connectivity index (χ2v) is 5.14. The number of hydrogen-bond acceptors (Lipinski definition) is 4. The summed E-state index contributed by atoms with van der Waals surface area (Å²) in [6.07, 6.45) is 1.76. The number of hydrogen-bond donors (Lipinski definition) is 0. The van der Waals surface area contributed by atoms with Gasteiger partial charge in [0.1, 0.15) is 23.5 Å². The van der Waals surface area contributed by atoms with Crippen LogP contribution in [0.1, 0.15) is 17.3 Å². The summed E-state index contributed by atoms with van der Waals surface area (Å²) in [6.45, 7) is 0.529. The van der Waals surface area contributed by atoms with E-state index in [1.54, 1.807) is 16.8 Å². The first kappa shape index (κ1) is 12.3. The molecule has 6 heteroatoms. The first-order valence-corrected chi connectivity index (χ1v) is 6.95. The van der Waals surface area contributed by atoms with Gasteiger partial charge in [0.25, 0.3) is 0 Å². The van der Waals surface area contributed by atoms with Crippen molar-refractivity contribution in [3.63, 3.8) is 0 Å². The smallest absolute Gasteiger partial charge is 0.238 e. The number of ether oxygens (including phenoxy) is 1. The maximum Gasteiger partial charge on any atom is 0.238 e.